The van der Waals surface area contributed by atoms with Crippen LogP contribution in [0, 0.1) is 12.7 Å². The van der Waals surface area contributed by atoms with E-state index in [4.69, 9.17) is 11.6 Å². The highest BCUT2D eigenvalue weighted by Crippen LogP contribution is 2.33. The highest BCUT2D eigenvalue weighted by Gasteiger charge is 2.17. The number of aromatic nitrogens is 4. The summed E-state index contributed by atoms with van der Waals surface area (Å²) >= 11 is 6.07. The molecule has 4 aromatic rings. The first-order chi connectivity index (χ1) is 11.5. The molecule has 3 aromatic heterocycles. The Balaban J connectivity index is 2.03. The van der Waals surface area contributed by atoms with Crippen LogP contribution in [0.15, 0.2) is 30.6 Å². The summed E-state index contributed by atoms with van der Waals surface area (Å²) in [7, 11) is 0. The number of hydrogen-bond acceptors (Lipinski definition) is 2. The van der Waals surface area contributed by atoms with Gasteiger partial charge in [-0.1, -0.05) is 11.6 Å². The monoisotopic (exact) mass is 342 g/mol. The number of benzene rings is 1. The first-order valence-corrected chi connectivity index (χ1v) is 8.14. The Hall–Kier alpha value is -2.40. The number of nitrogens with one attached hydrogen (secondary N) is 1. The summed E-state index contributed by atoms with van der Waals surface area (Å²) in [5, 5.41) is 1.42. The number of aryl methyl sites for hydroxylation is 1. The van der Waals surface area contributed by atoms with Crippen LogP contribution in [0.1, 0.15) is 25.7 Å². The number of pyridine rings is 1. The molecule has 3 heterocycles. The molecule has 0 unspecified atom stereocenters. The van der Waals surface area contributed by atoms with Crippen molar-refractivity contribution in [3.05, 3.63) is 47.3 Å². The number of imidazole rings is 1. The van der Waals surface area contributed by atoms with Gasteiger partial charge in [0.1, 0.15) is 17.0 Å². The fraction of sp³-hybridized carbons (Fsp3) is 0.222. The maximum absolute atomic E-state index is 14.6. The first-order valence-electron chi connectivity index (χ1n) is 7.77. The lowest BCUT2D eigenvalue weighted by molar-refractivity contribution is 0.600. The highest BCUT2D eigenvalue weighted by molar-refractivity contribution is 6.31. The normalized spacial score (nSPS) is 11.9. The maximum atomic E-state index is 14.6. The third-order valence-corrected chi connectivity index (χ3v) is 4.46. The average molecular weight is 343 g/mol. The van der Waals surface area contributed by atoms with E-state index >= 15 is 0 Å². The Morgan fingerprint density at radius 2 is 2.04 bits per heavy atom. The summed E-state index contributed by atoms with van der Waals surface area (Å²) in [4.78, 5) is 11.8. The topological polar surface area (TPSA) is 46.5 Å². The van der Waals surface area contributed by atoms with Crippen LogP contribution < -0.4 is 0 Å². The number of fused-ring (bicyclic) bond motifs is 2. The largest absolute Gasteiger partial charge is 0.346 e. The summed E-state index contributed by atoms with van der Waals surface area (Å²) in [6.45, 7) is 6.02. The van der Waals surface area contributed by atoms with Crippen molar-refractivity contribution in [3.63, 3.8) is 0 Å². The third kappa shape index (κ3) is 2.19. The number of aromatic amines is 1. The Labute approximate surface area is 143 Å². The van der Waals surface area contributed by atoms with E-state index in [1.807, 2.05) is 29.8 Å². The van der Waals surface area contributed by atoms with Crippen molar-refractivity contribution in [2.75, 3.05) is 0 Å². The summed E-state index contributed by atoms with van der Waals surface area (Å²) in [6, 6.07) is 5.52. The van der Waals surface area contributed by atoms with Gasteiger partial charge in [-0.2, -0.15) is 0 Å². The Bertz CT molecular complexity index is 1080. The van der Waals surface area contributed by atoms with Gasteiger partial charge in [-0.25, -0.2) is 14.4 Å². The van der Waals surface area contributed by atoms with Crippen LogP contribution in [-0.4, -0.2) is 19.5 Å². The summed E-state index contributed by atoms with van der Waals surface area (Å²) in [5.74, 6) is 0.481. The molecule has 1 aromatic carbocycles. The van der Waals surface area contributed by atoms with E-state index in [1.165, 1.54) is 6.07 Å². The number of halogens is 2. The van der Waals surface area contributed by atoms with Gasteiger partial charge in [0.2, 0.25) is 0 Å². The molecule has 0 fully saturated rings. The van der Waals surface area contributed by atoms with E-state index in [0.29, 0.717) is 10.5 Å². The average Bonchev–Trinajstić information content (AvgIpc) is 3.07. The van der Waals surface area contributed by atoms with E-state index in [-0.39, 0.29) is 11.9 Å². The van der Waals surface area contributed by atoms with E-state index in [9.17, 15) is 4.39 Å². The molecule has 0 saturated heterocycles. The zero-order chi connectivity index (χ0) is 17.0. The molecular weight excluding hydrogens is 327 g/mol. The smallest absolute Gasteiger partial charge is 0.151 e. The van der Waals surface area contributed by atoms with Crippen molar-refractivity contribution in [1.29, 1.82) is 0 Å². The van der Waals surface area contributed by atoms with Gasteiger partial charge in [-0.3, -0.25) is 0 Å². The van der Waals surface area contributed by atoms with E-state index in [2.05, 4.69) is 28.8 Å². The molecule has 0 radical (unpaired) electrons. The van der Waals surface area contributed by atoms with Gasteiger partial charge in [0.15, 0.2) is 5.82 Å². The number of rotatable bonds is 2. The second-order valence-corrected chi connectivity index (χ2v) is 6.64. The molecular formula is C18H16ClFN4. The Kier molecular flexibility index (Phi) is 3.35. The van der Waals surface area contributed by atoms with Crippen LogP contribution >= 0.6 is 11.6 Å². The zero-order valence-electron chi connectivity index (χ0n) is 13.6. The molecule has 0 spiro atoms. The Morgan fingerprint density at radius 1 is 1.25 bits per heavy atom. The van der Waals surface area contributed by atoms with Crippen LogP contribution in [0.2, 0.25) is 5.02 Å². The molecule has 0 aliphatic carbocycles. The maximum Gasteiger partial charge on any atom is 0.151 e. The molecule has 0 atom stereocenters. The van der Waals surface area contributed by atoms with Gasteiger partial charge in [0.25, 0.3) is 0 Å². The quantitative estimate of drug-likeness (QED) is 0.540. The molecule has 0 saturated carbocycles. The summed E-state index contributed by atoms with van der Waals surface area (Å²) in [5.41, 5.74) is 3.57. The van der Waals surface area contributed by atoms with Gasteiger partial charge in [0, 0.05) is 29.4 Å². The molecule has 0 aliphatic rings. The third-order valence-electron chi connectivity index (χ3n) is 4.25. The predicted octanol–water partition coefficient (Wildman–Crippen LogP) is 5.26. The minimum atomic E-state index is -0.325. The van der Waals surface area contributed by atoms with E-state index in [1.54, 1.807) is 6.20 Å². The number of nitrogens with zero attached hydrogens (tertiary/aromatic N) is 3. The van der Waals surface area contributed by atoms with Crippen molar-refractivity contribution in [2.24, 2.45) is 0 Å². The van der Waals surface area contributed by atoms with E-state index < -0.39 is 0 Å². The zero-order valence-corrected chi connectivity index (χ0v) is 14.3. The molecule has 0 amide bonds. The lowest BCUT2D eigenvalue weighted by Crippen LogP contribution is -2.02. The molecule has 6 heteroatoms. The minimum absolute atomic E-state index is 0.198. The predicted molar refractivity (Wildman–Crippen MR) is 94.9 cm³/mol. The van der Waals surface area contributed by atoms with Crippen LogP contribution in [0.5, 0.6) is 0 Å². The van der Waals surface area contributed by atoms with Crippen molar-refractivity contribution in [2.45, 2.75) is 26.8 Å². The second kappa shape index (κ2) is 5.31. The lowest BCUT2D eigenvalue weighted by Gasteiger charge is -2.11. The summed E-state index contributed by atoms with van der Waals surface area (Å²) in [6.07, 6.45) is 3.42. The fourth-order valence-electron chi connectivity index (χ4n) is 3.29. The molecule has 122 valence electrons. The lowest BCUT2D eigenvalue weighted by atomic mass is 10.0. The standard InChI is InChI=1S/C18H16ClFN4/c1-9(2)24-10(3)23-17-15(20)4-11(5-16(17)24)14-8-22-18-13(14)6-12(19)7-21-18/h4-9H,1-3H3,(H,21,22). The molecule has 0 aliphatic heterocycles. The van der Waals surface area contributed by atoms with Crippen LogP contribution in [0.3, 0.4) is 0 Å². The molecule has 1 N–H and O–H groups in total. The van der Waals surface area contributed by atoms with E-state index in [0.717, 1.165) is 33.5 Å². The molecule has 4 rings (SSSR count). The molecule has 24 heavy (non-hydrogen) atoms. The van der Waals surface area contributed by atoms with Crippen molar-refractivity contribution in [3.8, 4) is 11.1 Å². The van der Waals surface area contributed by atoms with Crippen molar-refractivity contribution in [1.82, 2.24) is 19.5 Å². The fourth-order valence-corrected chi connectivity index (χ4v) is 3.45. The van der Waals surface area contributed by atoms with Gasteiger partial charge < -0.3 is 9.55 Å². The first kappa shape index (κ1) is 15.1. The van der Waals surface area contributed by atoms with Gasteiger partial charge in [-0.15, -0.1) is 0 Å². The Morgan fingerprint density at radius 3 is 2.79 bits per heavy atom. The van der Waals surface area contributed by atoms with Crippen LogP contribution in [0.4, 0.5) is 4.39 Å². The molecule has 0 bridgehead atoms. The summed E-state index contributed by atoms with van der Waals surface area (Å²) < 4.78 is 16.7. The van der Waals surface area contributed by atoms with Gasteiger partial charge in [-0.05, 0) is 44.5 Å². The minimum Gasteiger partial charge on any atom is -0.346 e. The van der Waals surface area contributed by atoms with Crippen LogP contribution in [0.25, 0.3) is 33.2 Å². The number of H-pyrrole nitrogens is 1. The highest BCUT2D eigenvalue weighted by atomic mass is 35.5. The second-order valence-electron chi connectivity index (χ2n) is 6.20. The van der Waals surface area contributed by atoms with Gasteiger partial charge >= 0.3 is 0 Å². The van der Waals surface area contributed by atoms with Crippen molar-refractivity contribution < 1.29 is 4.39 Å². The SMILES string of the molecule is Cc1nc2c(F)cc(-c3c[nH]c4ncc(Cl)cc34)cc2n1C(C)C. The van der Waals surface area contributed by atoms with Gasteiger partial charge in [0.05, 0.1) is 10.5 Å². The van der Waals surface area contributed by atoms with Crippen LogP contribution in [-0.2, 0) is 0 Å². The molecule has 4 nitrogen and oxygen atoms in total. The van der Waals surface area contributed by atoms with Crippen molar-refractivity contribution >= 4 is 33.7 Å². The number of hydrogen-bond donors (Lipinski definition) is 1.